The second kappa shape index (κ2) is 9.11. The molecule has 0 atom stereocenters. The Bertz CT molecular complexity index is 1540. The smallest absolute Gasteiger partial charge is 0.269 e. The molecule has 170 valence electrons. The fraction of sp³-hybridized carbons (Fsp3) is 0.148. The molecular weight excluding hydrogens is 444 g/mol. The Morgan fingerprint density at radius 3 is 2.47 bits per heavy atom. The Balaban J connectivity index is 1.59. The first-order valence-corrected chi connectivity index (χ1v) is 12.0. The fourth-order valence-electron chi connectivity index (χ4n) is 4.27. The van der Waals surface area contributed by atoms with Crippen molar-refractivity contribution in [3.63, 3.8) is 0 Å². The van der Waals surface area contributed by atoms with Crippen LogP contribution in [0.5, 0.6) is 0 Å². The Labute approximate surface area is 201 Å². The number of nitro groups is 1. The van der Waals surface area contributed by atoms with Crippen LogP contribution in [0.2, 0.25) is 0 Å². The van der Waals surface area contributed by atoms with E-state index in [1.54, 1.807) is 23.5 Å². The number of rotatable bonds is 6. The molecule has 0 radical (unpaired) electrons. The maximum atomic E-state index is 11.1. The molecule has 5 aromatic rings. The molecule has 0 saturated carbocycles. The molecule has 0 unspecified atom stereocenters. The van der Waals surface area contributed by atoms with E-state index in [-0.39, 0.29) is 10.6 Å². The average Bonchev–Trinajstić information content (AvgIpc) is 3.44. The van der Waals surface area contributed by atoms with Gasteiger partial charge in [0.1, 0.15) is 0 Å². The van der Waals surface area contributed by atoms with Gasteiger partial charge in [-0.2, -0.15) is 0 Å². The van der Waals surface area contributed by atoms with Gasteiger partial charge in [0.05, 0.1) is 16.3 Å². The third kappa shape index (κ3) is 4.18. The monoisotopic (exact) mass is 468 g/mol. The van der Waals surface area contributed by atoms with Gasteiger partial charge >= 0.3 is 0 Å². The summed E-state index contributed by atoms with van der Waals surface area (Å²) in [5, 5.41) is 14.4. The van der Waals surface area contributed by atoms with Crippen molar-refractivity contribution in [2.75, 3.05) is 0 Å². The van der Waals surface area contributed by atoms with Crippen molar-refractivity contribution in [1.29, 1.82) is 0 Å². The standard InChI is InChI=1S/C27H24N4O2S/c1-18-6-5-7-19(2)26(18)29-27-30(15-14-21-16-28-24-9-4-3-8-23(21)24)25(17-34-27)20-10-12-22(13-11-20)31(32)33/h3-13,16-17,28H,14-15H2,1-2H3. The Hall–Kier alpha value is -3.97. The molecule has 1 N–H and O–H groups in total. The van der Waals surface area contributed by atoms with Crippen LogP contribution in [0, 0.1) is 24.0 Å². The number of non-ortho nitro benzene ring substituents is 1. The zero-order valence-corrected chi connectivity index (χ0v) is 19.8. The third-order valence-electron chi connectivity index (χ3n) is 6.10. The summed E-state index contributed by atoms with van der Waals surface area (Å²) in [6.07, 6.45) is 2.91. The van der Waals surface area contributed by atoms with Crippen LogP contribution in [-0.2, 0) is 13.0 Å². The van der Waals surface area contributed by atoms with E-state index in [1.807, 2.05) is 24.3 Å². The highest BCUT2D eigenvalue weighted by Crippen LogP contribution is 2.26. The van der Waals surface area contributed by atoms with Gasteiger partial charge in [0.2, 0.25) is 0 Å². The number of nitrogens with zero attached hydrogens (tertiary/aromatic N) is 3. The summed E-state index contributed by atoms with van der Waals surface area (Å²) >= 11 is 1.59. The normalized spacial score (nSPS) is 11.9. The molecule has 0 aliphatic rings. The van der Waals surface area contributed by atoms with Crippen LogP contribution in [0.4, 0.5) is 11.4 Å². The van der Waals surface area contributed by atoms with Crippen LogP contribution in [0.1, 0.15) is 16.7 Å². The number of aromatic amines is 1. The topological polar surface area (TPSA) is 76.2 Å². The predicted octanol–water partition coefficient (Wildman–Crippen LogP) is 6.70. The van der Waals surface area contributed by atoms with E-state index in [4.69, 9.17) is 4.99 Å². The maximum Gasteiger partial charge on any atom is 0.269 e. The molecule has 2 heterocycles. The Kier molecular flexibility index (Phi) is 5.86. The van der Waals surface area contributed by atoms with Crippen molar-refractivity contribution in [3.05, 3.63) is 110 Å². The summed E-state index contributed by atoms with van der Waals surface area (Å²) in [6.45, 7) is 4.89. The van der Waals surface area contributed by atoms with Gasteiger partial charge < -0.3 is 9.55 Å². The van der Waals surface area contributed by atoms with Gasteiger partial charge in [-0.25, -0.2) is 4.99 Å². The second-order valence-electron chi connectivity index (χ2n) is 8.32. The number of thiazole rings is 1. The van der Waals surface area contributed by atoms with Gasteiger partial charge in [0.25, 0.3) is 5.69 Å². The first-order valence-electron chi connectivity index (χ1n) is 11.1. The number of H-pyrrole nitrogens is 1. The van der Waals surface area contributed by atoms with Crippen molar-refractivity contribution < 1.29 is 4.92 Å². The van der Waals surface area contributed by atoms with Crippen molar-refractivity contribution in [3.8, 4) is 11.3 Å². The third-order valence-corrected chi connectivity index (χ3v) is 6.96. The number of nitrogens with one attached hydrogen (secondary N) is 1. The molecule has 0 aliphatic carbocycles. The van der Waals surface area contributed by atoms with Crippen molar-refractivity contribution in [2.24, 2.45) is 4.99 Å². The summed E-state index contributed by atoms with van der Waals surface area (Å²) in [5.41, 5.74) is 7.66. The van der Waals surface area contributed by atoms with Crippen molar-refractivity contribution in [2.45, 2.75) is 26.8 Å². The van der Waals surface area contributed by atoms with E-state index in [9.17, 15) is 10.1 Å². The molecule has 0 aliphatic heterocycles. The lowest BCUT2D eigenvalue weighted by Gasteiger charge is -2.10. The van der Waals surface area contributed by atoms with Gasteiger partial charge in [-0.05, 0) is 60.7 Å². The van der Waals surface area contributed by atoms with Crippen molar-refractivity contribution >= 4 is 33.6 Å². The van der Waals surface area contributed by atoms with E-state index in [0.717, 1.165) is 51.4 Å². The van der Waals surface area contributed by atoms with Crippen LogP contribution >= 0.6 is 11.3 Å². The lowest BCUT2D eigenvalue weighted by molar-refractivity contribution is -0.384. The molecule has 5 rings (SSSR count). The van der Waals surface area contributed by atoms with Gasteiger partial charge in [0.15, 0.2) is 4.80 Å². The number of nitro benzene ring substituents is 1. The Morgan fingerprint density at radius 2 is 1.74 bits per heavy atom. The summed E-state index contributed by atoms with van der Waals surface area (Å²) in [7, 11) is 0. The highest BCUT2D eigenvalue weighted by molar-refractivity contribution is 7.07. The molecule has 7 heteroatoms. The minimum atomic E-state index is -0.371. The van der Waals surface area contributed by atoms with E-state index < -0.39 is 0 Å². The lowest BCUT2D eigenvalue weighted by Crippen LogP contribution is -2.17. The molecule has 34 heavy (non-hydrogen) atoms. The van der Waals surface area contributed by atoms with Gasteiger partial charge in [-0.1, -0.05) is 36.4 Å². The number of fused-ring (bicyclic) bond motifs is 1. The molecule has 0 bridgehead atoms. The summed E-state index contributed by atoms with van der Waals surface area (Å²) in [5.74, 6) is 0. The number of hydrogen-bond acceptors (Lipinski definition) is 4. The first kappa shape index (κ1) is 21.9. The van der Waals surface area contributed by atoms with Crippen LogP contribution in [0.3, 0.4) is 0 Å². The molecule has 0 saturated heterocycles. The lowest BCUT2D eigenvalue weighted by atomic mass is 10.1. The van der Waals surface area contributed by atoms with Crippen molar-refractivity contribution in [1.82, 2.24) is 9.55 Å². The van der Waals surface area contributed by atoms with Crippen LogP contribution in [0.25, 0.3) is 22.2 Å². The summed E-state index contributed by atoms with van der Waals surface area (Å²) < 4.78 is 2.22. The number of para-hydroxylation sites is 2. The molecule has 6 nitrogen and oxygen atoms in total. The summed E-state index contributed by atoms with van der Waals surface area (Å²) in [6, 6.07) is 21.2. The zero-order valence-electron chi connectivity index (χ0n) is 19.0. The molecule has 2 aromatic heterocycles. The minimum Gasteiger partial charge on any atom is -0.361 e. The quantitative estimate of drug-likeness (QED) is 0.222. The fourth-order valence-corrected chi connectivity index (χ4v) is 5.21. The van der Waals surface area contributed by atoms with E-state index in [2.05, 4.69) is 65.3 Å². The number of aryl methyl sites for hydroxylation is 3. The predicted molar refractivity (Wildman–Crippen MR) is 138 cm³/mol. The van der Waals surface area contributed by atoms with Gasteiger partial charge in [0, 0.05) is 41.2 Å². The highest BCUT2D eigenvalue weighted by atomic mass is 32.1. The molecule has 0 amide bonds. The SMILES string of the molecule is Cc1cccc(C)c1N=c1scc(-c2ccc([N+](=O)[O-])cc2)n1CCc1c[nH]c2ccccc12. The largest absolute Gasteiger partial charge is 0.361 e. The molecular formula is C27H24N4O2S. The van der Waals surface area contributed by atoms with E-state index in [1.165, 1.54) is 10.9 Å². The minimum absolute atomic E-state index is 0.0877. The summed E-state index contributed by atoms with van der Waals surface area (Å²) in [4.78, 5) is 20.1. The highest BCUT2D eigenvalue weighted by Gasteiger charge is 2.13. The Morgan fingerprint density at radius 1 is 1.00 bits per heavy atom. The first-order chi connectivity index (χ1) is 16.5. The van der Waals surface area contributed by atoms with E-state index >= 15 is 0 Å². The molecule has 0 spiro atoms. The second-order valence-corrected chi connectivity index (χ2v) is 9.16. The average molecular weight is 469 g/mol. The van der Waals surface area contributed by atoms with Gasteiger partial charge in [-0.3, -0.25) is 10.1 Å². The number of hydrogen-bond donors (Lipinski definition) is 1. The van der Waals surface area contributed by atoms with Crippen LogP contribution in [0.15, 0.2) is 83.3 Å². The number of aromatic nitrogens is 2. The van der Waals surface area contributed by atoms with E-state index in [0.29, 0.717) is 0 Å². The molecule has 3 aromatic carbocycles. The maximum absolute atomic E-state index is 11.1. The number of benzene rings is 3. The van der Waals surface area contributed by atoms with Crippen LogP contribution in [-0.4, -0.2) is 14.5 Å². The van der Waals surface area contributed by atoms with Gasteiger partial charge in [-0.15, -0.1) is 11.3 Å². The van der Waals surface area contributed by atoms with Crippen LogP contribution < -0.4 is 4.80 Å². The zero-order chi connectivity index (χ0) is 23.7. The molecule has 0 fully saturated rings.